The van der Waals surface area contributed by atoms with Gasteiger partial charge in [-0.15, -0.1) is 0 Å². The Hall–Kier alpha value is -2.67. The first-order chi connectivity index (χ1) is 12.1. The maximum atomic E-state index is 12.2. The summed E-state index contributed by atoms with van der Waals surface area (Å²) in [7, 11) is 0. The third kappa shape index (κ3) is 4.90. The highest BCUT2D eigenvalue weighted by Gasteiger charge is 2.29. The number of nitrogens with zero attached hydrogens (tertiary/aromatic N) is 2. The molecule has 0 saturated carbocycles. The molecule has 0 aliphatic carbocycles. The summed E-state index contributed by atoms with van der Waals surface area (Å²) >= 11 is 0. The largest absolute Gasteiger partial charge is 0.351 e. The average Bonchev–Trinajstić information content (AvgIpc) is 3.25. The molecule has 1 unspecified atom stereocenters. The van der Waals surface area contributed by atoms with Crippen LogP contribution in [-0.4, -0.2) is 46.5 Å². The van der Waals surface area contributed by atoms with Crippen molar-refractivity contribution in [3.8, 4) is 0 Å². The van der Waals surface area contributed by atoms with Crippen LogP contribution in [0.3, 0.4) is 0 Å². The first-order valence-electron chi connectivity index (χ1n) is 8.44. The van der Waals surface area contributed by atoms with E-state index in [-0.39, 0.29) is 17.7 Å². The van der Waals surface area contributed by atoms with Crippen LogP contribution in [-0.2, 0) is 16.1 Å². The molecule has 1 aromatic heterocycles. The van der Waals surface area contributed by atoms with Gasteiger partial charge in [0, 0.05) is 19.3 Å². The lowest BCUT2D eigenvalue weighted by atomic mass is 10.1. The molecule has 25 heavy (non-hydrogen) atoms. The van der Waals surface area contributed by atoms with E-state index >= 15 is 0 Å². The van der Waals surface area contributed by atoms with E-state index in [2.05, 4.69) is 26.9 Å². The summed E-state index contributed by atoms with van der Waals surface area (Å²) in [5, 5.41) is 12.2. The third-order valence-corrected chi connectivity index (χ3v) is 4.35. The zero-order chi connectivity index (χ0) is 17.6. The lowest BCUT2D eigenvalue weighted by molar-refractivity contribution is -0.123. The van der Waals surface area contributed by atoms with Crippen LogP contribution >= 0.6 is 0 Å². The number of hydrogen-bond acceptors (Lipinski definition) is 4. The lowest BCUT2D eigenvalue weighted by Gasteiger charge is -2.15. The molecule has 1 fully saturated rings. The van der Waals surface area contributed by atoms with Crippen molar-refractivity contribution in [2.75, 3.05) is 25.0 Å². The number of H-pyrrole nitrogens is 1. The number of amides is 2. The van der Waals surface area contributed by atoms with Gasteiger partial charge in [0.2, 0.25) is 11.8 Å². The van der Waals surface area contributed by atoms with Crippen molar-refractivity contribution in [3.05, 3.63) is 47.8 Å². The predicted molar refractivity (Wildman–Crippen MR) is 94.8 cm³/mol. The molecule has 2 heterocycles. The molecule has 3 rings (SSSR count). The minimum atomic E-state index is -0.0977. The van der Waals surface area contributed by atoms with E-state index in [4.69, 9.17) is 0 Å². The number of carbonyl (C=O) groups is 2. The van der Waals surface area contributed by atoms with Gasteiger partial charge in [-0.25, -0.2) is 0 Å². The maximum absolute atomic E-state index is 12.2. The van der Waals surface area contributed by atoms with Gasteiger partial charge in [0.15, 0.2) is 0 Å². The smallest absolute Gasteiger partial charge is 0.234 e. The Morgan fingerprint density at radius 2 is 2.28 bits per heavy atom. The van der Waals surface area contributed by atoms with Crippen molar-refractivity contribution in [1.29, 1.82) is 0 Å². The molecule has 1 aliphatic heterocycles. The summed E-state index contributed by atoms with van der Waals surface area (Å²) in [5.74, 6) is -0.138. The highest BCUT2D eigenvalue weighted by Crippen LogP contribution is 2.18. The highest BCUT2D eigenvalue weighted by molar-refractivity contribution is 5.92. The van der Waals surface area contributed by atoms with Gasteiger partial charge in [-0.1, -0.05) is 29.8 Å². The first-order valence-corrected chi connectivity index (χ1v) is 8.44. The van der Waals surface area contributed by atoms with Crippen LogP contribution in [0.5, 0.6) is 0 Å². The molecule has 2 aromatic rings. The van der Waals surface area contributed by atoms with Gasteiger partial charge >= 0.3 is 0 Å². The van der Waals surface area contributed by atoms with Gasteiger partial charge in [0.05, 0.1) is 24.3 Å². The number of nitrogens with one attached hydrogen (secondary N) is 3. The van der Waals surface area contributed by atoms with E-state index in [1.807, 2.05) is 30.0 Å². The topological polar surface area (TPSA) is 90.1 Å². The summed E-state index contributed by atoms with van der Waals surface area (Å²) in [6.07, 6.45) is 3.97. The summed E-state index contributed by atoms with van der Waals surface area (Å²) < 4.78 is 0. The van der Waals surface area contributed by atoms with Gasteiger partial charge in [0.25, 0.3) is 0 Å². The summed E-state index contributed by atoms with van der Waals surface area (Å²) in [5.41, 5.74) is 2.93. The quantitative estimate of drug-likeness (QED) is 0.739. The van der Waals surface area contributed by atoms with E-state index < -0.39 is 0 Å². The van der Waals surface area contributed by atoms with Gasteiger partial charge in [0.1, 0.15) is 0 Å². The zero-order valence-electron chi connectivity index (χ0n) is 14.3. The van der Waals surface area contributed by atoms with Crippen LogP contribution in [0.2, 0.25) is 0 Å². The van der Waals surface area contributed by atoms with Crippen LogP contribution in [0, 0.1) is 12.8 Å². The van der Waals surface area contributed by atoms with Crippen molar-refractivity contribution in [3.63, 3.8) is 0 Å². The second-order valence-corrected chi connectivity index (χ2v) is 6.46. The molecule has 0 bridgehead atoms. The molecular weight excluding hydrogens is 318 g/mol. The SMILES string of the molecule is Cc1cccc(CNC(=O)CN2CCC(C(=O)Nc3cn[nH]c3)C2)c1. The second kappa shape index (κ2) is 7.94. The Labute approximate surface area is 146 Å². The van der Waals surface area contributed by atoms with Crippen molar-refractivity contribution < 1.29 is 9.59 Å². The molecule has 2 amide bonds. The molecule has 7 heteroatoms. The Kier molecular flexibility index (Phi) is 5.45. The molecule has 1 atom stereocenters. The summed E-state index contributed by atoms with van der Waals surface area (Å²) in [6, 6.07) is 8.08. The van der Waals surface area contributed by atoms with Crippen LogP contribution in [0.25, 0.3) is 0 Å². The normalized spacial score (nSPS) is 17.4. The monoisotopic (exact) mass is 341 g/mol. The van der Waals surface area contributed by atoms with Crippen LogP contribution in [0.1, 0.15) is 17.5 Å². The Bertz CT molecular complexity index is 729. The first kappa shape index (κ1) is 17.2. The molecular formula is C18H23N5O2. The van der Waals surface area contributed by atoms with Gasteiger partial charge < -0.3 is 10.6 Å². The van der Waals surface area contributed by atoms with E-state index in [9.17, 15) is 9.59 Å². The third-order valence-electron chi connectivity index (χ3n) is 4.35. The van der Waals surface area contributed by atoms with E-state index in [1.165, 1.54) is 5.56 Å². The predicted octanol–water partition coefficient (Wildman–Crippen LogP) is 1.29. The van der Waals surface area contributed by atoms with Crippen molar-refractivity contribution in [2.45, 2.75) is 19.9 Å². The number of carbonyl (C=O) groups excluding carboxylic acids is 2. The minimum absolute atomic E-state index is 0.0163. The number of aromatic amines is 1. The number of hydrogen-bond donors (Lipinski definition) is 3. The molecule has 1 aliphatic rings. The molecule has 7 nitrogen and oxygen atoms in total. The standard InChI is InChI=1S/C18H23N5O2/c1-13-3-2-4-14(7-13)8-19-17(24)12-23-6-5-15(11-23)18(25)22-16-9-20-21-10-16/h2-4,7,9-10,15H,5-6,8,11-12H2,1H3,(H,19,24)(H,20,21)(H,22,25). The molecule has 132 valence electrons. The Morgan fingerprint density at radius 3 is 3.04 bits per heavy atom. The van der Waals surface area contributed by atoms with Gasteiger partial charge in [-0.05, 0) is 25.5 Å². The second-order valence-electron chi connectivity index (χ2n) is 6.46. The number of aryl methyl sites for hydroxylation is 1. The fraction of sp³-hybridized carbons (Fsp3) is 0.389. The lowest BCUT2D eigenvalue weighted by Crippen LogP contribution is -2.36. The molecule has 0 spiro atoms. The number of aromatic nitrogens is 2. The maximum Gasteiger partial charge on any atom is 0.234 e. The number of likely N-dealkylation sites (tertiary alicyclic amines) is 1. The Balaban J connectivity index is 1.41. The fourth-order valence-electron chi connectivity index (χ4n) is 3.04. The van der Waals surface area contributed by atoms with Crippen molar-refractivity contribution in [2.24, 2.45) is 5.92 Å². The van der Waals surface area contributed by atoms with Crippen molar-refractivity contribution >= 4 is 17.5 Å². The molecule has 1 saturated heterocycles. The highest BCUT2D eigenvalue weighted by atomic mass is 16.2. The fourth-order valence-corrected chi connectivity index (χ4v) is 3.04. The van der Waals surface area contributed by atoms with E-state index in [0.717, 1.165) is 18.5 Å². The summed E-state index contributed by atoms with van der Waals surface area (Å²) in [4.78, 5) is 26.4. The van der Waals surface area contributed by atoms with E-state index in [0.29, 0.717) is 25.3 Å². The number of benzene rings is 1. The van der Waals surface area contributed by atoms with Crippen LogP contribution in [0.15, 0.2) is 36.7 Å². The van der Waals surface area contributed by atoms with Gasteiger partial charge in [-0.2, -0.15) is 5.10 Å². The van der Waals surface area contributed by atoms with Crippen LogP contribution < -0.4 is 10.6 Å². The zero-order valence-corrected chi connectivity index (χ0v) is 14.3. The van der Waals surface area contributed by atoms with E-state index in [1.54, 1.807) is 12.4 Å². The van der Waals surface area contributed by atoms with Gasteiger partial charge in [-0.3, -0.25) is 19.6 Å². The molecule has 1 aromatic carbocycles. The number of rotatable bonds is 6. The van der Waals surface area contributed by atoms with Crippen LogP contribution in [0.4, 0.5) is 5.69 Å². The number of anilines is 1. The van der Waals surface area contributed by atoms with Crippen molar-refractivity contribution in [1.82, 2.24) is 20.4 Å². The average molecular weight is 341 g/mol. The Morgan fingerprint density at radius 1 is 1.40 bits per heavy atom. The molecule has 0 radical (unpaired) electrons. The molecule has 3 N–H and O–H groups in total. The summed E-state index contributed by atoms with van der Waals surface area (Å²) in [6.45, 7) is 4.23. The minimum Gasteiger partial charge on any atom is -0.351 e.